The van der Waals surface area contributed by atoms with E-state index in [2.05, 4.69) is 15.4 Å². The molecule has 0 unspecified atom stereocenters. The summed E-state index contributed by atoms with van der Waals surface area (Å²) in [4.78, 5) is 22.2. The highest BCUT2D eigenvalue weighted by atomic mass is 16.5. The fourth-order valence-corrected chi connectivity index (χ4v) is 1.91. The van der Waals surface area contributed by atoms with Crippen LogP contribution in [0, 0.1) is 0 Å². The van der Waals surface area contributed by atoms with Crippen molar-refractivity contribution in [1.29, 1.82) is 0 Å². The van der Waals surface area contributed by atoms with E-state index in [0.717, 1.165) is 0 Å². The van der Waals surface area contributed by atoms with E-state index in [9.17, 15) is 4.79 Å². The molecule has 2 rings (SSSR count). The van der Waals surface area contributed by atoms with E-state index in [-0.39, 0.29) is 17.1 Å². The van der Waals surface area contributed by atoms with Crippen molar-refractivity contribution in [3.8, 4) is 0 Å². The van der Waals surface area contributed by atoms with E-state index >= 15 is 0 Å². The van der Waals surface area contributed by atoms with E-state index < -0.39 is 0 Å². The number of carbonyl (C=O) groups excluding carboxylic acids is 1. The van der Waals surface area contributed by atoms with Gasteiger partial charge in [-0.25, -0.2) is 10.8 Å². The Bertz CT molecular complexity index is 449. The number of amides is 1. The highest BCUT2D eigenvalue weighted by molar-refractivity contribution is 5.93. The molecule has 18 heavy (non-hydrogen) atoms. The third-order valence-corrected chi connectivity index (χ3v) is 2.89. The second kappa shape index (κ2) is 4.87. The molecular weight excluding hydrogens is 234 g/mol. The van der Waals surface area contributed by atoms with Gasteiger partial charge in [-0.05, 0) is 13.8 Å². The van der Waals surface area contributed by atoms with Crippen LogP contribution in [0.4, 0.5) is 5.82 Å². The minimum Gasteiger partial charge on any atom is -0.377 e. The summed E-state index contributed by atoms with van der Waals surface area (Å²) < 4.78 is 5.38. The van der Waals surface area contributed by atoms with Gasteiger partial charge >= 0.3 is 0 Å². The quantitative estimate of drug-likeness (QED) is 0.568. The van der Waals surface area contributed by atoms with Crippen molar-refractivity contribution in [2.45, 2.75) is 19.4 Å². The monoisotopic (exact) mass is 251 g/mol. The van der Waals surface area contributed by atoms with Crippen LogP contribution < -0.4 is 11.3 Å². The van der Waals surface area contributed by atoms with Crippen LogP contribution in [-0.2, 0) is 4.74 Å². The number of ether oxygens (including phenoxy) is 1. The summed E-state index contributed by atoms with van der Waals surface area (Å²) in [7, 11) is 0. The molecule has 2 heterocycles. The Kier molecular flexibility index (Phi) is 3.44. The first-order chi connectivity index (χ1) is 8.54. The fraction of sp³-hybridized carbons (Fsp3) is 0.545. The van der Waals surface area contributed by atoms with E-state index in [1.807, 2.05) is 13.8 Å². The standard InChI is InChI=1S/C11H17N5O2/c1-11(2)7-18-4-3-16(11)10(17)8-5-13-6-9(14-8)15-12/h5-6H,3-4,7,12H2,1-2H3,(H,14,15). The van der Waals surface area contributed by atoms with Crippen molar-refractivity contribution in [3.63, 3.8) is 0 Å². The number of nitrogens with zero attached hydrogens (tertiary/aromatic N) is 3. The van der Waals surface area contributed by atoms with Crippen molar-refractivity contribution in [2.75, 3.05) is 25.2 Å². The van der Waals surface area contributed by atoms with Crippen LogP contribution in [0.15, 0.2) is 12.4 Å². The Balaban J connectivity index is 2.24. The molecule has 1 aromatic heterocycles. The van der Waals surface area contributed by atoms with Gasteiger partial charge in [0.25, 0.3) is 5.91 Å². The molecule has 1 amide bonds. The Morgan fingerprint density at radius 2 is 2.33 bits per heavy atom. The topological polar surface area (TPSA) is 93.4 Å². The van der Waals surface area contributed by atoms with Gasteiger partial charge in [0.2, 0.25) is 0 Å². The zero-order valence-corrected chi connectivity index (χ0v) is 10.5. The normalized spacial score (nSPS) is 18.5. The first-order valence-electron chi connectivity index (χ1n) is 5.73. The Labute approximate surface area is 105 Å². The number of hydrazine groups is 1. The summed E-state index contributed by atoms with van der Waals surface area (Å²) in [6, 6.07) is 0. The molecule has 1 aliphatic heterocycles. The SMILES string of the molecule is CC1(C)COCCN1C(=O)c1cncc(NN)n1. The third-order valence-electron chi connectivity index (χ3n) is 2.89. The predicted molar refractivity (Wildman–Crippen MR) is 65.8 cm³/mol. The van der Waals surface area contributed by atoms with E-state index in [1.54, 1.807) is 4.90 Å². The number of anilines is 1. The number of hydrogen-bond donors (Lipinski definition) is 2. The van der Waals surface area contributed by atoms with Crippen LogP contribution in [0.5, 0.6) is 0 Å². The number of carbonyl (C=O) groups is 1. The van der Waals surface area contributed by atoms with Crippen molar-refractivity contribution >= 4 is 11.7 Å². The molecule has 98 valence electrons. The lowest BCUT2D eigenvalue weighted by Gasteiger charge is -2.41. The maximum atomic E-state index is 12.4. The number of nitrogens with one attached hydrogen (secondary N) is 1. The maximum absolute atomic E-state index is 12.4. The van der Waals surface area contributed by atoms with Crippen molar-refractivity contribution in [3.05, 3.63) is 18.1 Å². The summed E-state index contributed by atoms with van der Waals surface area (Å²) in [5.74, 6) is 5.46. The van der Waals surface area contributed by atoms with Crippen LogP contribution >= 0.6 is 0 Å². The zero-order chi connectivity index (χ0) is 13.2. The second-order valence-corrected chi connectivity index (χ2v) is 4.76. The first kappa shape index (κ1) is 12.7. The molecule has 0 aromatic carbocycles. The highest BCUT2D eigenvalue weighted by Gasteiger charge is 2.35. The molecule has 0 saturated carbocycles. The Morgan fingerprint density at radius 1 is 1.56 bits per heavy atom. The molecule has 0 atom stereocenters. The molecule has 1 aromatic rings. The van der Waals surface area contributed by atoms with Crippen LogP contribution in [0.3, 0.4) is 0 Å². The molecule has 1 aliphatic rings. The number of rotatable bonds is 2. The van der Waals surface area contributed by atoms with E-state index in [0.29, 0.717) is 25.6 Å². The molecule has 0 radical (unpaired) electrons. The fourth-order valence-electron chi connectivity index (χ4n) is 1.91. The lowest BCUT2D eigenvalue weighted by atomic mass is 10.0. The molecule has 0 aliphatic carbocycles. The van der Waals surface area contributed by atoms with E-state index in [4.69, 9.17) is 10.6 Å². The van der Waals surface area contributed by atoms with Crippen molar-refractivity contribution in [1.82, 2.24) is 14.9 Å². The van der Waals surface area contributed by atoms with Crippen LogP contribution in [0.25, 0.3) is 0 Å². The summed E-state index contributed by atoms with van der Waals surface area (Å²) in [6.45, 7) is 5.53. The number of aromatic nitrogens is 2. The minimum absolute atomic E-state index is 0.159. The van der Waals surface area contributed by atoms with E-state index in [1.165, 1.54) is 12.4 Å². The van der Waals surface area contributed by atoms with Gasteiger partial charge in [0.15, 0.2) is 5.82 Å². The molecule has 0 spiro atoms. The van der Waals surface area contributed by atoms with Gasteiger partial charge in [-0.15, -0.1) is 0 Å². The average Bonchev–Trinajstić information content (AvgIpc) is 2.37. The number of morpholine rings is 1. The first-order valence-corrected chi connectivity index (χ1v) is 5.73. The summed E-state index contributed by atoms with van der Waals surface area (Å²) in [6.07, 6.45) is 2.90. The highest BCUT2D eigenvalue weighted by Crippen LogP contribution is 2.21. The van der Waals surface area contributed by atoms with Gasteiger partial charge in [-0.3, -0.25) is 9.78 Å². The second-order valence-electron chi connectivity index (χ2n) is 4.76. The van der Waals surface area contributed by atoms with Gasteiger partial charge in [-0.2, -0.15) is 0 Å². The van der Waals surface area contributed by atoms with Crippen LogP contribution in [0.2, 0.25) is 0 Å². The average molecular weight is 251 g/mol. The molecule has 7 heteroatoms. The zero-order valence-electron chi connectivity index (χ0n) is 10.5. The summed E-state index contributed by atoms with van der Waals surface area (Å²) >= 11 is 0. The summed E-state index contributed by atoms with van der Waals surface area (Å²) in [5.41, 5.74) is 2.31. The third kappa shape index (κ3) is 2.41. The van der Waals surface area contributed by atoms with Gasteiger partial charge < -0.3 is 15.1 Å². The molecule has 1 fully saturated rings. The Hall–Kier alpha value is -1.73. The van der Waals surface area contributed by atoms with Gasteiger partial charge in [-0.1, -0.05) is 0 Å². The smallest absolute Gasteiger partial charge is 0.274 e. The Morgan fingerprint density at radius 3 is 3.00 bits per heavy atom. The molecule has 3 N–H and O–H groups in total. The molecule has 7 nitrogen and oxygen atoms in total. The number of nitrogen functional groups attached to an aromatic ring is 1. The number of hydrogen-bond acceptors (Lipinski definition) is 6. The molecule has 1 saturated heterocycles. The molecule has 0 bridgehead atoms. The predicted octanol–water partition coefficient (Wildman–Crippen LogP) is 0.0132. The largest absolute Gasteiger partial charge is 0.377 e. The minimum atomic E-state index is -0.344. The van der Waals surface area contributed by atoms with Crippen LogP contribution in [0.1, 0.15) is 24.3 Å². The van der Waals surface area contributed by atoms with Crippen molar-refractivity contribution in [2.24, 2.45) is 5.84 Å². The van der Waals surface area contributed by atoms with Crippen molar-refractivity contribution < 1.29 is 9.53 Å². The number of nitrogens with two attached hydrogens (primary N) is 1. The van der Waals surface area contributed by atoms with Gasteiger partial charge in [0, 0.05) is 6.54 Å². The summed E-state index contributed by atoms with van der Waals surface area (Å²) in [5, 5.41) is 0. The lowest BCUT2D eigenvalue weighted by molar-refractivity contribution is -0.0373. The van der Waals surface area contributed by atoms with Gasteiger partial charge in [0.05, 0.1) is 31.1 Å². The van der Waals surface area contributed by atoms with Gasteiger partial charge in [0.1, 0.15) is 5.69 Å². The maximum Gasteiger partial charge on any atom is 0.274 e. The molecular formula is C11H17N5O2. The lowest BCUT2D eigenvalue weighted by Crippen LogP contribution is -2.55. The van der Waals surface area contributed by atoms with Crippen LogP contribution in [-0.4, -0.2) is 46.1 Å².